The maximum atomic E-state index is 14.6. The van der Waals surface area contributed by atoms with Gasteiger partial charge in [-0.05, 0) is 43.4 Å². The molecular formula is C24H20BrFN2OS. The molecule has 152 valence electrons. The number of anilines is 1. The van der Waals surface area contributed by atoms with Crippen molar-refractivity contribution in [2.75, 3.05) is 11.4 Å². The lowest BCUT2D eigenvalue weighted by Gasteiger charge is -2.21. The molecule has 30 heavy (non-hydrogen) atoms. The van der Waals surface area contributed by atoms with Crippen molar-refractivity contribution in [3.05, 3.63) is 86.0 Å². The van der Waals surface area contributed by atoms with E-state index in [1.165, 1.54) is 22.9 Å². The molecule has 1 amide bonds. The Labute approximate surface area is 187 Å². The number of hydrogen-bond donors (Lipinski definition) is 0. The summed E-state index contributed by atoms with van der Waals surface area (Å²) in [5.41, 5.74) is 4.81. The molecule has 6 heteroatoms. The molecule has 0 fully saturated rings. The summed E-state index contributed by atoms with van der Waals surface area (Å²) >= 11 is 4.99. The minimum Gasteiger partial charge on any atom is -0.297 e. The number of halogens is 2. The van der Waals surface area contributed by atoms with Crippen LogP contribution < -0.4 is 4.90 Å². The van der Waals surface area contributed by atoms with E-state index in [0.717, 1.165) is 41.1 Å². The van der Waals surface area contributed by atoms with Crippen molar-refractivity contribution >= 4 is 43.9 Å². The number of fused-ring (bicyclic) bond motifs is 3. The second-order valence-electron chi connectivity index (χ2n) is 7.64. The Morgan fingerprint density at radius 3 is 2.70 bits per heavy atom. The fourth-order valence-corrected chi connectivity index (χ4v) is 5.96. The molecule has 0 atom stereocenters. The third-order valence-corrected chi connectivity index (χ3v) is 7.51. The largest absolute Gasteiger partial charge is 0.297 e. The number of rotatable bonds is 3. The van der Waals surface area contributed by atoms with Gasteiger partial charge in [-0.1, -0.05) is 52.3 Å². The summed E-state index contributed by atoms with van der Waals surface area (Å²) in [7, 11) is 0. The predicted octanol–water partition coefficient (Wildman–Crippen LogP) is 5.91. The molecule has 5 rings (SSSR count). The molecule has 1 aliphatic carbocycles. The van der Waals surface area contributed by atoms with E-state index in [1.54, 1.807) is 22.3 Å². The lowest BCUT2D eigenvalue weighted by atomic mass is 9.91. The first-order valence-corrected chi connectivity index (χ1v) is 11.7. The van der Waals surface area contributed by atoms with Crippen LogP contribution in [0.1, 0.15) is 40.0 Å². The van der Waals surface area contributed by atoms with E-state index in [4.69, 9.17) is 4.99 Å². The molecule has 2 heterocycles. The minimum atomic E-state index is -0.312. The lowest BCUT2D eigenvalue weighted by molar-refractivity contribution is -0.117. The van der Waals surface area contributed by atoms with Crippen molar-refractivity contribution in [3.63, 3.8) is 0 Å². The molecule has 0 saturated carbocycles. The zero-order valence-electron chi connectivity index (χ0n) is 16.3. The average Bonchev–Trinajstić information content (AvgIpc) is 3.07. The van der Waals surface area contributed by atoms with Gasteiger partial charge in [0.05, 0.1) is 12.3 Å². The number of aryl methyl sites for hydroxylation is 1. The van der Waals surface area contributed by atoms with E-state index in [1.807, 2.05) is 36.4 Å². The van der Waals surface area contributed by atoms with E-state index in [-0.39, 0.29) is 24.8 Å². The minimum absolute atomic E-state index is 0.0680. The van der Waals surface area contributed by atoms with E-state index in [9.17, 15) is 9.18 Å². The third-order valence-electron chi connectivity index (χ3n) is 5.70. The van der Waals surface area contributed by atoms with Gasteiger partial charge in [-0.25, -0.2) is 4.39 Å². The van der Waals surface area contributed by atoms with Gasteiger partial charge in [-0.3, -0.25) is 14.7 Å². The smallest absolute Gasteiger partial charge is 0.249 e. The molecule has 0 N–H and O–H groups in total. The van der Waals surface area contributed by atoms with Gasteiger partial charge in [0.1, 0.15) is 17.4 Å². The molecule has 0 spiro atoms. The van der Waals surface area contributed by atoms with Crippen LogP contribution >= 0.6 is 27.3 Å². The maximum Gasteiger partial charge on any atom is 0.249 e. The molecule has 1 aromatic heterocycles. The van der Waals surface area contributed by atoms with Crippen molar-refractivity contribution < 1.29 is 9.18 Å². The Hall–Kier alpha value is -2.31. The van der Waals surface area contributed by atoms with Crippen LogP contribution in [-0.4, -0.2) is 18.2 Å². The maximum absolute atomic E-state index is 14.6. The second kappa shape index (κ2) is 8.08. The molecule has 2 aliphatic rings. The summed E-state index contributed by atoms with van der Waals surface area (Å²) in [6.07, 6.45) is 4.35. The van der Waals surface area contributed by atoms with Gasteiger partial charge in [-0.15, -0.1) is 11.3 Å². The van der Waals surface area contributed by atoms with E-state index >= 15 is 0 Å². The van der Waals surface area contributed by atoms with Crippen LogP contribution in [0.3, 0.4) is 0 Å². The van der Waals surface area contributed by atoms with Crippen LogP contribution in [0, 0.1) is 5.82 Å². The Balaban J connectivity index is 1.65. The second-order valence-corrected chi connectivity index (χ2v) is 9.64. The molecule has 0 bridgehead atoms. The Bertz CT molecular complexity index is 1160. The third kappa shape index (κ3) is 3.52. The zero-order chi connectivity index (χ0) is 20.7. The van der Waals surface area contributed by atoms with Crippen LogP contribution in [0.2, 0.25) is 0 Å². The van der Waals surface area contributed by atoms with Crippen molar-refractivity contribution in [2.45, 2.75) is 32.2 Å². The number of hydrogen-bond acceptors (Lipinski definition) is 3. The number of thiophene rings is 1. The van der Waals surface area contributed by atoms with Crippen LogP contribution in [0.25, 0.3) is 0 Å². The van der Waals surface area contributed by atoms with Crippen molar-refractivity contribution in [1.29, 1.82) is 0 Å². The topological polar surface area (TPSA) is 32.7 Å². The first kappa shape index (κ1) is 19.6. The molecule has 0 saturated heterocycles. The number of benzene rings is 2. The van der Waals surface area contributed by atoms with Gasteiger partial charge in [0, 0.05) is 26.0 Å². The number of nitrogens with zero attached hydrogens (tertiary/aromatic N) is 2. The van der Waals surface area contributed by atoms with Crippen molar-refractivity contribution in [1.82, 2.24) is 0 Å². The van der Waals surface area contributed by atoms with Crippen LogP contribution in [0.15, 0.2) is 58.0 Å². The van der Waals surface area contributed by atoms with Gasteiger partial charge in [0.2, 0.25) is 5.91 Å². The van der Waals surface area contributed by atoms with E-state index in [0.29, 0.717) is 10.0 Å². The van der Waals surface area contributed by atoms with Gasteiger partial charge in [0.15, 0.2) is 0 Å². The first-order chi connectivity index (χ1) is 14.6. The summed E-state index contributed by atoms with van der Waals surface area (Å²) in [6, 6.07) is 15.1. The van der Waals surface area contributed by atoms with E-state index in [2.05, 4.69) is 15.9 Å². The normalized spacial score (nSPS) is 16.0. The number of carbonyl (C=O) groups is 1. The monoisotopic (exact) mass is 482 g/mol. The van der Waals surface area contributed by atoms with Gasteiger partial charge >= 0.3 is 0 Å². The summed E-state index contributed by atoms with van der Waals surface area (Å²) in [4.78, 5) is 21.0. The van der Waals surface area contributed by atoms with Gasteiger partial charge < -0.3 is 0 Å². The highest BCUT2D eigenvalue weighted by atomic mass is 79.9. The summed E-state index contributed by atoms with van der Waals surface area (Å²) in [5, 5.41) is 0.911. The first-order valence-electron chi connectivity index (χ1n) is 10.1. The van der Waals surface area contributed by atoms with E-state index < -0.39 is 0 Å². The number of aliphatic imine (C=N–C) groups is 1. The molecule has 3 aromatic rings. The number of amides is 1. The standard InChI is InChI=1S/C24H20BrFN2OS/c25-17-11-10-16(19(26)12-17)14-28-21(29)13-27-23(15-6-2-1-3-7-15)22-18-8-4-5-9-20(18)30-24(22)28/h1-3,6-7,10-12H,4-5,8-9,13-14H2. The highest BCUT2D eigenvalue weighted by molar-refractivity contribution is 9.10. The zero-order valence-corrected chi connectivity index (χ0v) is 18.7. The van der Waals surface area contributed by atoms with Crippen LogP contribution in [0.5, 0.6) is 0 Å². The van der Waals surface area contributed by atoms with Gasteiger partial charge in [0.25, 0.3) is 0 Å². The van der Waals surface area contributed by atoms with Gasteiger partial charge in [-0.2, -0.15) is 0 Å². The SMILES string of the molecule is O=C1CN=C(c2ccccc2)c2c(sc3c2CCCC3)N1Cc1ccc(Br)cc1F. The van der Waals surface area contributed by atoms with Crippen LogP contribution in [-0.2, 0) is 24.2 Å². The Morgan fingerprint density at radius 1 is 1.10 bits per heavy atom. The predicted molar refractivity (Wildman–Crippen MR) is 123 cm³/mol. The molecular weight excluding hydrogens is 463 g/mol. The molecule has 0 radical (unpaired) electrons. The summed E-state index contributed by atoms with van der Waals surface area (Å²) in [6.45, 7) is 0.278. The average molecular weight is 483 g/mol. The molecule has 0 unspecified atom stereocenters. The summed E-state index contributed by atoms with van der Waals surface area (Å²) in [5.74, 6) is -0.406. The molecule has 2 aromatic carbocycles. The fraction of sp³-hybridized carbons (Fsp3) is 0.250. The highest BCUT2D eigenvalue weighted by Gasteiger charge is 2.32. The molecule has 1 aliphatic heterocycles. The quantitative estimate of drug-likeness (QED) is 0.456. The highest BCUT2D eigenvalue weighted by Crippen LogP contribution is 2.43. The number of carbonyl (C=O) groups excluding carboxylic acids is 1. The van der Waals surface area contributed by atoms with Crippen molar-refractivity contribution in [3.8, 4) is 0 Å². The van der Waals surface area contributed by atoms with Crippen LogP contribution in [0.4, 0.5) is 9.39 Å². The Morgan fingerprint density at radius 2 is 1.90 bits per heavy atom. The Kier molecular flexibility index (Phi) is 5.29. The molecule has 3 nitrogen and oxygen atoms in total. The fourth-order valence-electron chi connectivity index (χ4n) is 4.22. The summed E-state index contributed by atoms with van der Waals surface area (Å²) < 4.78 is 15.3. The van der Waals surface area contributed by atoms with Crippen molar-refractivity contribution in [2.24, 2.45) is 4.99 Å². The lowest BCUT2D eigenvalue weighted by Crippen LogP contribution is -2.31.